The van der Waals surface area contributed by atoms with Gasteiger partial charge in [-0.25, -0.2) is 0 Å². The maximum Gasteiger partial charge on any atom is 0.126 e. The molecule has 116 valence electrons. The van der Waals surface area contributed by atoms with Crippen molar-refractivity contribution >= 4 is 0 Å². The van der Waals surface area contributed by atoms with E-state index in [1.807, 2.05) is 0 Å². The third kappa shape index (κ3) is 4.89. The van der Waals surface area contributed by atoms with Crippen molar-refractivity contribution < 1.29 is 4.74 Å². The highest BCUT2D eigenvalue weighted by molar-refractivity contribution is 5.43. The fourth-order valence-electron chi connectivity index (χ4n) is 2.73. The van der Waals surface area contributed by atoms with E-state index in [0.29, 0.717) is 0 Å². The number of benzene rings is 1. The monoisotopic (exact) mass is 287 g/mol. The third-order valence-corrected chi connectivity index (χ3v) is 3.82. The molecule has 0 heterocycles. The van der Waals surface area contributed by atoms with Gasteiger partial charge in [0.2, 0.25) is 0 Å². The summed E-state index contributed by atoms with van der Waals surface area (Å²) in [7, 11) is 0. The van der Waals surface area contributed by atoms with Crippen molar-refractivity contribution in [3.05, 3.63) is 41.0 Å². The van der Waals surface area contributed by atoms with E-state index in [-0.39, 0.29) is 11.6 Å². The van der Waals surface area contributed by atoms with Gasteiger partial charge in [0.25, 0.3) is 0 Å². The predicted molar refractivity (Wildman–Crippen MR) is 89.9 cm³/mol. The van der Waals surface area contributed by atoms with Gasteiger partial charge < -0.3 is 10.1 Å². The van der Waals surface area contributed by atoms with Gasteiger partial charge in [0.05, 0.1) is 0 Å². The molecule has 0 saturated heterocycles. The molecule has 2 heteroatoms. The smallest absolute Gasteiger partial charge is 0.126 e. The highest BCUT2D eigenvalue weighted by Crippen LogP contribution is 2.28. The van der Waals surface area contributed by atoms with Gasteiger partial charge >= 0.3 is 0 Å². The average Bonchev–Trinajstić information content (AvgIpc) is 2.41. The maximum absolute atomic E-state index is 6.21. The van der Waals surface area contributed by atoms with E-state index in [1.54, 1.807) is 0 Å². The summed E-state index contributed by atoms with van der Waals surface area (Å²) in [5.41, 5.74) is 3.94. The number of ether oxygens (including phenoxy) is 1. The molecule has 0 spiro atoms. The summed E-state index contributed by atoms with van der Waals surface area (Å²) in [5, 5.41) is 3.54. The molecule has 0 saturated carbocycles. The zero-order valence-corrected chi connectivity index (χ0v) is 14.1. The predicted octanol–water partition coefficient (Wildman–Crippen LogP) is 4.68. The van der Waals surface area contributed by atoms with Crippen molar-refractivity contribution in [2.45, 2.75) is 72.1 Å². The normalized spacial score (nSPS) is 18.8. The van der Waals surface area contributed by atoms with Crippen molar-refractivity contribution in [1.29, 1.82) is 0 Å². The molecule has 0 bridgehead atoms. The number of hydrogen-bond donors (Lipinski definition) is 1. The van der Waals surface area contributed by atoms with Crippen LogP contribution < -0.4 is 10.1 Å². The van der Waals surface area contributed by atoms with Crippen LogP contribution in [0, 0.1) is 13.8 Å². The second-order valence-corrected chi connectivity index (χ2v) is 7.18. The molecule has 0 radical (unpaired) electrons. The Hall–Kier alpha value is -1.28. The Bertz CT molecular complexity index is 488. The lowest BCUT2D eigenvalue weighted by Crippen LogP contribution is -2.35. The van der Waals surface area contributed by atoms with Gasteiger partial charge in [-0.3, -0.25) is 0 Å². The molecule has 1 aliphatic carbocycles. The lowest BCUT2D eigenvalue weighted by Gasteiger charge is -2.23. The van der Waals surface area contributed by atoms with Crippen LogP contribution in [0.3, 0.4) is 0 Å². The average molecular weight is 287 g/mol. The first-order chi connectivity index (χ1) is 9.85. The van der Waals surface area contributed by atoms with Gasteiger partial charge in [0.15, 0.2) is 0 Å². The summed E-state index contributed by atoms with van der Waals surface area (Å²) in [6, 6.07) is 4.49. The lowest BCUT2D eigenvalue weighted by molar-refractivity contribution is 0.227. The van der Waals surface area contributed by atoms with Crippen molar-refractivity contribution in [1.82, 2.24) is 5.32 Å². The minimum Gasteiger partial charge on any atom is -0.486 e. The Kier molecular flexibility index (Phi) is 5.10. The first-order valence-electron chi connectivity index (χ1n) is 8.03. The summed E-state index contributed by atoms with van der Waals surface area (Å²) in [6.45, 7) is 11.8. The zero-order chi connectivity index (χ0) is 15.5. The topological polar surface area (TPSA) is 21.3 Å². The van der Waals surface area contributed by atoms with Crippen LogP contribution in [0.5, 0.6) is 5.75 Å². The molecule has 1 aromatic rings. The van der Waals surface area contributed by atoms with Crippen LogP contribution in [0.4, 0.5) is 0 Å². The van der Waals surface area contributed by atoms with E-state index in [4.69, 9.17) is 4.74 Å². The van der Waals surface area contributed by atoms with E-state index >= 15 is 0 Å². The van der Waals surface area contributed by atoms with Crippen LogP contribution in [0.25, 0.3) is 0 Å². The van der Waals surface area contributed by atoms with E-state index < -0.39 is 0 Å². The molecule has 2 nitrogen and oxygen atoms in total. The third-order valence-electron chi connectivity index (χ3n) is 3.82. The molecule has 2 rings (SSSR count). The Morgan fingerprint density at radius 3 is 2.38 bits per heavy atom. The molecule has 21 heavy (non-hydrogen) atoms. The van der Waals surface area contributed by atoms with Gasteiger partial charge in [0.1, 0.15) is 11.9 Å². The van der Waals surface area contributed by atoms with Gasteiger partial charge in [-0.1, -0.05) is 18.2 Å². The minimum absolute atomic E-state index is 0.143. The van der Waals surface area contributed by atoms with E-state index in [1.165, 1.54) is 29.5 Å². The molecule has 1 aromatic carbocycles. The van der Waals surface area contributed by atoms with Crippen molar-refractivity contribution in [3.63, 3.8) is 0 Å². The van der Waals surface area contributed by atoms with Crippen molar-refractivity contribution in [3.8, 4) is 5.75 Å². The largest absolute Gasteiger partial charge is 0.486 e. The SMILES string of the molecule is Cc1cc(CNC(C)(C)C)cc(C)c1OC1C=CCCC1. The number of aryl methyl sites for hydroxylation is 2. The van der Waals surface area contributed by atoms with Gasteiger partial charge in [-0.05, 0) is 76.6 Å². The number of nitrogens with one attached hydrogen (secondary N) is 1. The second-order valence-electron chi connectivity index (χ2n) is 7.18. The molecule has 0 amide bonds. The minimum atomic E-state index is 0.143. The summed E-state index contributed by atoms with van der Waals surface area (Å²) in [4.78, 5) is 0. The summed E-state index contributed by atoms with van der Waals surface area (Å²) < 4.78 is 6.21. The molecule has 1 unspecified atom stereocenters. The fourth-order valence-corrected chi connectivity index (χ4v) is 2.73. The molecular weight excluding hydrogens is 258 g/mol. The van der Waals surface area contributed by atoms with Gasteiger partial charge in [-0.2, -0.15) is 0 Å². The van der Waals surface area contributed by atoms with E-state index in [2.05, 4.69) is 64.2 Å². The standard InChI is InChI=1S/C19H29NO/c1-14-11-16(13-20-19(3,4)5)12-15(2)18(14)21-17-9-7-6-8-10-17/h7,9,11-12,17,20H,6,8,10,13H2,1-5H3. The zero-order valence-electron chi connectivity index (χ0n) is 14.1. The van der Waals surface area contributed by atoms with Crippen LogP contribution in [0.15, 0.2) is 24.3 Å². The number of rotatable bonds is 4. The van der Waals surface area contributed by atoms with Crippen molar-refractivity contribution in [2.75, 3.05) is 0 Å². The number of allylic oxidation sites excluding steroid dienone is 1. The molecular formula is C19H29NO. The molecule has 0 fully saturated rings. The van der Waals surface area contributed by atoms with Crippen LogP contribution in [0.1, 0.15) is 56.7 Å². The Morgan fingerprint density at radius 2 is 1.86 bits per heavy atom. The lowest BCUT2D eigenvalue weighted by atomic mass is 10.0. The summed E-state index contributed by atoms with van der Waals surface area (Å²) in [5.74, 6) is 1.06. The summed E-state index contributed by atoms with van der Waals surface area (Å²) in [6.07, 6.45) is 8.23. The fraction of sp³-hybridized carbons (Fsp3) is 0.579. The van der Waals surface area contributed by atoms with Crippen LogP contribution in [-0.4, -0.2) is 11.6 Å². The van der Waals surface area contributed by atoms with Gasteiger partial charge in [0, 0.05) is 12.1 Å². The quantitative estimate of drug-likeness (QED) is 0.812. The molecule has 0 aromatic heterocycles. The molecule has 1 N–H and O–H groups in total. The first kappa shape index (κ1) is 16.1. The Morgan fingerprint density at radius 1 is 1.19 bits per heavy atom. The van der Waals surface area contributed by atoms with E-state index in [9.17, 15) is 0 Å². The molecule has 0 aliphatic heterocycles. The van der Waals surface area contributed by atoms with Crippen molar-refractivity contribution in [2.24, 2.45) is 0 Å². The van der Waals surface area contributed by atoms with Gasteiger partial charge in [-0.15, -0.1) is 0 Å². The van der Waals surface area contributed by atoms with Crippen LogP contribution in [0.2, 0.25) is 0 Å². The molecule has 1 aliphatic rings. The second kappa shape index (κ2) is 6.65. The van der Waals surface area contributed by atoms with E-state index in [0.717, 1.165) is 18.7 Å². The van der Waals surface area contributed by atoms with Crippen LogP contribution >= 0.6 is 0 Å². The Labute approximate surface area is 129 Å². The maximum atomic E-state index is 6.21. The highest BCUT2D eigenvalue weighted by atomic mass is 16.5. The number of hydrogen-bond acceptors (Lipinski definition) is 2. The Balaban J connectivity index is 2.09. The highest BCUT2D eigenvalue weighted by Gasteiger charge is 2.15. The molecule has 1 atom stereocenters. The van der Waals surface area contributed by atoms with Crippen LogP contribution in [-0.2, 0) is 6.54 Å². The first-order valence-corrected chi connectivity index (χ1v) is 8.03. The summed E-state index contributed by atoms with van der Waals surface area (Å²) >= 11 is 0.